The van der Waals surface area contributed by atoms with E-state index in [2.05, 4.69) is 29.4 Å². The van der Waals surface area contributed by atoms with Gasteiger partial charge in [-0.05, 0) is 38.0 Å². The Morgan fingerprint density at radius 3 is 2.65 bits per heavy atom. The highest BCUT2D eigenvalue weighted by molar-refractivity contribution is 5.38. The molecule has 2 heterocycles. The number of ether oxygens (including phenoxy) is 1. The van der Waals surface area contributed by atoms with Gasteiger partial charge in [0.05, 0.1) is 19.3 Å². The van der Waals surface area contributed by atoms with Crippen molar-refractivity contribution in [3.8, 4) is 5.75 Å². The summed E-state index contributed by atoms with van der Waals surface area (Å²) in [5.41, 5.74) is 5.88. The largest absolute Gasteiger partial charge is 0.493 e. The Morgan fingerprint density at radius 1 is 1.35 bits per heavy atom. The van der Waals surface area contributed by atoms with Gasteiger partial charge in [-0.2, -0.15) is 5.10 Å². The lowest BCUT2D eigenvalue weighted by Gasteiger charge is -2.22. The fraction of sp³-hybridized carbons (Fsp3) is 0.429. The normalized spacial score (nSPS) is 12.7. The van der Waals surface area contributed by atoms with Crippen LogP contribution in [0.15, 0.2) is 24.7 Å². The number of nitrogens with one attached hydrogen (secondary N) is 1. The van der Waals surface area contributed by atoms with E-state index >= 15 is 0 Å². The molecule has 0 aliphatic carbocycles. The first-order valence-corrected chi connectivity index (χ1v) is 6.58. The van der Waals surface area contributed by atoms with Crippen LogP contribution >= 0.6 is 0 Å². The Kier molecular flexibility index (Phi) is 4.36. The molecule has 0 saturated heterocycles. The molecule has 2 rings (SSSR count). The summed E-state index contributed by atoms with van der Waals surface area (Å²) in [6, 6.07) is 1.95. The van der Waals surface area contributed by atoms with Crippen LogP contribution in [0.5, 0.6) is 5.75 Å². The van der Waals surface area contributed by atoms with Crippen molar-refractivity contribution in [1.82, 2.24) is 20.2 Å². The fourth-order valence-electron chi connectivity index (χ4n) is 2.29. The summed E-state index contributed by atoms with van der Waals surface area (Å²) < 4.78 is 7.33. The maximum absolute atomic E-state index is 5.78. The van der Waals surface area contributed by atoms with Crippen LogP contribution in [0.2, 0.25) is 0 Å². The van der Waals surface area contributed by atoms with Crippen LogP contribution in [0.4, 0.5) is 0 Å². The van der Waals surface area contributed by atoms with Gasteiger partial charge >= 0.3 is 0 Å². The molecule has 0 amide bonds. The average molecular weight is 275 g/mol. The quantitative estimate of drug-likeness (QED) is 0.642. The molecule has 0 aliphatic rings. The number of hydrogen-bond donors (Lipinski definition) is 2. The van der Waals surface area contributed by atoms with Gasteiger partial charge < -0.3 is 4.74 Å². The smallest absolute Gasteiger partial charge is 0.161 e. The summed E-state index contributed by atoms with van der Waals surface area (Å²) in [5, 5.41) is 4.39. The number of hydrazine groups is 1. The molecular weight excluding hydrogens is 254 g/mol. The van der Waals surface area contributed by atoms with Crippen molar-refractivity contribution in [3.05, 3.63) is 41.5 Å². The number of methoxy groups -OCH3 is 1. The predicted molar refractivity (Wildman–Crippen MR) is 77.3 cm³/mol. The van der Waals surface area contributed by atoms with E-state index in [0.29, 0.717) is 5.75 Å². The number of aryl methyl sites for hydroxylation is 1. The first-order valence-electron chi connectivity index (χ1n) is 6.58. The van der Waals surface area contributed by atoms with Crippen LogP contribution in [0.25, 0.3) is 0 Å². The highest BCUT2D eigenvalue weighted by Crippen LogP contribution is 2.32. The number of pyridine rings is 1. The molecule has 108 valence electrons. The molecule has 0 spiro atoms. The first-order chi connectivity index (χ1) is 9.60. The van der Waals surface area contributed by atoms with Crippen LogP contribution in [-0.4, -0.2) is 21.9 Å². The Balaban J connectivity index is 2.57. The Bertz CT molecular complexity index is 579. The number of aromatic nitrogens is 3. The second-order valence-corrected chi connectivity index (χ2v) is 4.97. The summed E-state index contributed by atoms with van der Waals surface area (Å²) in [6.07, 6.45) is 5.30. The summed E-state index contributed by atoms with van der Waals surface area (Å²) in [4.78, 5) is 4.19. The van der Waals surface area contributed by atoms with Gasteiger partial charge in [-0.1, -0.05) is 0 Å². The summed E-state index contributed by atoms with van der Waals surface area (Å²) in [7, 11) is 1.63. The molecule has 20 heavy (non-hydrogen) atoms. The maximum atomic E-state index is 5.78. The van der Waals surface area contributed by atoms with Crippen molar-refractivity contribution >= 4 is 0 Å². The third-order valence-electron chi connectivity index (χ3n) is 3.34. The highest BCUT2D eigenvalue weighted by atomic mass is 16.5. The number of nitrogens with two attached hydrogens (primary N) is 1. The van der Waals surface area contributed by atoms with E-state index in [1.807, 2.05) is 23.9 Å². The highest BCUT2D eigenvalue weighted by Gasteiger charge is 2.25. The molecule has 0 fully saturated rings. The van der Waals surface area contributed by atoms with Crippen LogP contribution < -0.4 is 16.0 Å². The third kappa shape index (κ3) is 2.52. The molecule has 6 heteroatoms. The molecule has 0 radical (unpaired) electrons. The van der Waals surface area contributed by atoms with Crippen LogP contribution in [0, 0.1) is 6.92 Å². The standard InChI is InChI=1S/C14H21N5O/c1-9(2)19-14(12(20-4)8-17-19)13(18-15)11-7-16-6-5-10(11)3/h5-9,13,18H,15H2,1-4H3. The Hall–Kier alpha value is -1.92. The van der Waals surface area contributed by atoms with Crippen molar-refractivity contribution in [3.63, 3.8) is 0 Å². The summed E-state index contributed by atoms with van der Waals surface area (Å²) in [5.74, 6) is 6.50. The monoisotopic (exact) mass is 275 g/mol. The van der Waals surface area contributed by atoms with E-state index in [4.69, 9.17) is 10.6 Å². The molecule has 1 atom stereocenters. The molecular formula is C14H21N5O. The van der Waals surface area contributed by atoms with Crippen LogP contribution in [0.1, 0.15) is 42.8 Å². The molecule has 3 N–H and O–H groups in total. The first kappa shape index (κ1) is 14.5. The number of nitrogens with zero attached hydrogens (tertiary/aromatic N) is 3. The van der Waals surface area contributed by atoms with E-state index in [0.717, 1.165) is 16.8 Å². The van der Waals surface area contributed by atoms with Gasteiger partial charge in [-0.15, -0.1) is 0 Å². The third-order valence-corrected chi connectivity index (χ3v) is 3.34. The van der Waals surface area contributed by atoms with Gasteiger partial charge in [-0.3, -0.25) is 15.5 Å². The van der Waals surface area contributed by atoms with Crippen LogP contribution in [-0.2, 0) is 0 Å². The minimum atomic E-state index is -0.219. The van der Waals surface area contributed by atoms with Crippen molar-refractivity contribution in [1.29, 1.82) is 0 Å². The minimum absolute atomic E-state index is 0.210. The van der Waals surface area contributed by atoms with Gasteiger partial charge in [0.1, 0.15) is 5.69 Å². The molecule has 2 aromatic rings. The second kappa shape index (κ2) is 6.02. The molecule has 0 aliphatic heterocycles. The van der Waals surface area contributed by atoms with Crippen molar-refractivity contribution in [2.45, 2.75) is 32.9 Å². The fourth-order valence-corrected chi connectivity index (χ4v) is 2.29. The average Bonchev–Trinajstić information content (AvgIpc) is 2.86. The molecule has 2 aromatic heterocycles. The van der Waals surface area contributed by atoms with Gasteiger partial charge in [0, 0.05) is 18.4 Å². The van der Waals surface area contributed by atoms with Gasteiger partial charge in [0.2, 0.25) is 0 Å². The second-order valence-electron chi connectivity index (χ2n) is 4.97. The van der Waals surface area contributed by atoms with Crippen molar-refractivity contribution < 1.29 is 4.74 Å². The number of rotatable bonds is 5. The maximum Gasteiger partial charge on any atom is 0.161 e. The summed E-state index contributed by atoms with van der Waals surface area (Å²) >= 11 is 0. The van der Waals surface area contributed by atoms with Gasteiger partial charge in [0.25, 0.3) is 0 Å². The zero-order chi connectivity index (χ0) is 14.7. The van der Waals surface area contributed by atoms with E-state index in [9.17, 15) is 0 Å². The lowest BCUT2D eigenvalue weighted by Crippen LogP contribution is -2.32. The zero-order valence-electron chi connectivity index (χ0n) is 12.3. The lowest BCUT2D eigenvalue weighted by molar-refractivity contribution is 0.394. The van der Waals surface area contributed by atoms with Gasteiger partial charge in [0.15, 0.2) is 5.75 Å². The van der Waals surface area contributed by atoms with E-state index < -0.39 is 0 Å². The van der Waals surface area contributed by atoms with Crippen molar-refractivity contribution in [2.75, 3.05) is 7.11 Å². The molecule has 0 saturated carbocycles. The molecule has 6 nitrogen and oxygen atoms in total. The molecule has 1 unspecified atom stereocenters. The Labute approximate surface area is 118 Å². The zero-order valence-corrected chi connectivity index (χ0v) is 12.3. The van der Waals surface area contributed by atoms with E-state index in [1.165, 1.54) is 0 Å². The lowest BCUT2D eigenvalue weighted by atomic mass is 10.0. The van der Waals surface area contributed by atoms with E-state index in [-0.39, 0.29) is 12.1 Å². The topological polar surface area (TPSA) is 78.0 Å². The SMILES string of the molecule is COc1cnn(C(C)C)c1C(NN)c1cnccc1C. The molecule has 0 aromatic carbocycles. The predicted octanol–water partition coefficient (Wildman–Crippen LogP) is 1.73. The minimum Gasteiger partial charge on any atom is -0.493 e. The van der Waals surface area contributed by atoms with Crippen LogP contribution in [0.3, 0.4) is 0 Å². The van der Waals surface area contributed by atoms with Crippen molar-refractivity contribution in [2.24, 2.45) is 5.84 Å². The molecule has 0 bridgehead atoms. The number of hydrogen-bond acceptors (Lipinski definition) is 5. The Morgan fingerprint density at radius 2 is 2.10 bits per heavy atom. The summed E-state index contributed by atoms with van der Waals surface area (Å²) in [6.45, 7) is 6.17. The van der Waals surface area contributed by atoms with E-state index in [1.54, 1.807) is 19.5 Å². The van der Waals surface area contributed by atoms with Gasteiger partial charge in [-0.25, -0.2) is 5.43 Å².